The van der Waals surface area contributed by atoms with Gasteiger partial charge in [-0.1, -0.05) is 0 Å². The molecule has 1 aromatic rings. The zero-order chi connectivity index (χ0) is 22.1. The van der Waals surface area contributed by atoms with E-state index in [0.717, 1.165) is 0 Å². The molecule has 1 saturated heterocycles. The van der Waals surface area contributed by atoms with Crippen LogP contribution in [0.3, 0.4) is 0 Å². The van der Waals surface area contributed by atoms with Gasteiger partial charge in [0.1, 0.15) is 5.75 Å². The molecule has 0 spiro atoms. The monoisotopic (exact) mass is 424 g/mol. The van der Waals surface area contributed by atoms with Gasteiger partial charge in [0.25, 0.3) is 5.69 Å². The van der Waals surface area contributed by atoms with Crippen molar-refractivity contribution in [3.63, 3.8) is 0 Å². The van der Waals surface area contributed by atoms with Crippen LogP contribution in [0.4, 0.5) is 5.69 Å². The molecule has 1 aliphatic heterocycles. The van der Waals surface area contributed by atoms with Gasteiger partial charge in [0.15, 0.2) is 0 Å². The second-order valence-electron chi connectivity index (χ2n) is 6.84. The summed E-state index contributed by atoms with van der Waals surface area (Å²) in [5, 5.41) is 28.8. The Hall–Kier alpha value is -3.09. The molecule has 12 nitrogen and oxygen atoms in total. The van der Waals surface area contributed by atoms with Crippen molar-refractivity contribution in [2.45, 2.75) is 0 Å². The third-order valence-corrected chi connectivity index (χ3v) is 4.55. The number of carbonyl (C=O) groups is 3. The number of carboxylic acids is 2. The zero-order valence-corrected chi connectivity index (χ0v) is 16.3. The highest BCUT2D eigenvalue weighted by Gasteiger charge is 2.21. The van der Waals surface area contributed by atoms with Crippen molar-refractivity contribution in [2.24, 2.45) is 0 Å². The van der Waals surface area contributed by atoms with E-state index in [1.54, 1.807) is 14.7 Å². The molecule has 0 aliphatic carbocycles. The van der Waals surface area contributed by atoms with Crippen molar-refractivity contribution in [1.82, 2.24) is 14.7 Å². The van der Waals surface area contributed by atoms with Gasteiger partial charge in [-0.15, -0.1) is 0 Å². The molecule has 0 atom stereocenters. The molecule has 2 rings (SSSR count). The van der Waals surface area contributed by atoms with Crippen molar-refractivity contribution in [2.75, 3.05) is 58.9 Å². The molecule has 0 saturated carbocycles. The SMILES string of the molecule is O=C(O)CN1CCN(CC(=O)O)CCN(CC(=O)Oc2ccc([N+](=O)[O-])cc2)CC1. The van der Waals surface area contributed by atoms with Gasteiger partial charge in [-0.25, -0.2) is 0 Å². The fraction of sp³-hybridized carbons (Fsp3) is 0.500. The maximum Gasteiger partial charge on any atom is 0.325 e. The molecule has 164 valence electrons. The molecule has 0 unspecified atom stereocenters. The second kappa shape index (κ2) is 11.2. The third kappa shape index (κ3) is 8.11. The molecule has 2 N–H and O–H groups in total. The Morgan fingerprint density at radius 2 is 1.23 bits per heavy atom. The lowest BCUT2D eigenvalue weighted by Crippen LogP contribution is -2.41. The number of hydrogen-bond acceptors (Lipinski definition) is 9. The van der Waals surface area contributed by atoms with E-state index in [1.165, 1.54) is 24.3 Å². The maximum atomic E-state index is 12.3. The molecule has 1 aromatic carbocycles. The lowest BCUT2D eigenvalue weighted by molar-refractivity contribution is -0.384. The average molecular weight is 424 g/mol. The van der Waals surface area contributed by atoms with E-state index in [1.807, 2.05) is 0 Å². The minimum Gasteiger partial charge on any atom is -0.480 e. The van der Waals surface area contributed by atoms with Gasteiger partial charge in [-0.2, -0.15) is 0 Å². The number of hydrogen-bond donors (Lipinski definition) is 2. The topological polar surface area (TPSA) is 154 Å². The number of carbonyl (C=O) groups excluding carboxylic acids is 1. The van der Waals surface area contributed by atoms with Gasteiger partial charge >= 0.3 is 17.9 Å². The van der Waals surface area contributed by atoms with Crippen LogP contribution in [0.1, 0.15) is 0 Å². The van der Waals surface area contributed by atoms with E-state index >= 15 is 0 Å². The summed E-state index contributed by atoms with van der Waals surface area (Å²) in [5.74, 6) is -2.36. The van der Waals surface area contributed by atoms with Crippen LogP contribution in [0.2, 0.25) is 0 Å². The number of esters is 1. The number of nitrogens with zero attached hydrogens (tertiary/aromatic N) is 4. The fourth-order valence-electron chi connectivity index (χ4n) is 3.02. The van der Waals surface area contributed by atoms with E-state index in [0.29, 0.717) is 39.3 Å². The Kier molecular flexibility index (Phi) is 8.65. The molecule has 0 amide bonds. The summed E-state index contributed by atoms with van der Waals surface area (Å²) in [6.07, 6.45) is 0. The number of ether oxygens (including phenoxy) is 1. The summed E-state index contributed by atoms with van der Waals surface area (Å²) in [5.41, 5.74) is -0.119. The zero-order valence-electron chi connectivity index (χ0n) is 16.3. The van der Waals surface area contributed by atoms with Gasteiger partial charge in [0.05, 0.1) is 24.6 Å². The van der Waals surface area contributed by atoms with Gasteiger partial charge < -0.3 is 14.9 Å². The van der Waals surface area contributed by atoms with E-state index in [-0.39, 0.29) is 31.1 Å². The lowest BCUT2D eigenvalue weighted by Gasteiger charge is -2.24. The van der Waals surface area contributed by atoms with Crippen LogP contribution in [0.25, 0.3) is 0 Å². The molecule has 0 aromatic heterocycles. The maximum absolute atomic E-state index is 12.3. The Labute approximate surface area is 172 Å². The number of aliphatic carboxylic acids is 2. The number of nitro benzene ring substituents is 1. The Morgan fingerprint density at radius 3 is 1.60 bits per heavy atom. The molecule has 30 heavy (non-hydrogen) atoms. The standard InChI is InChI=1S/C18H24N4O8/c23-16(24)11-19-5-6-20(12-17(25)26)8-10-21(9-7-19)13-18(27)30-15-3-1-14(2-4-15)22(28)29/h1-4H,5-13H2,(H,23,24)(H,25,26). The third-order valence-electron chi connectivity index (χ3n) is 4.55. The summed E-state index contributed by atoms with van der Waals surface area (Å²) in [7, 11) is 0. The molecule has 0 bridgehead atoms. The van der Waals surface area contributed by atoms with Crippen molar-refractivity contribution in [3.8, 4) is 5.75 Å². The first-order valence-corrected chi connectivity index (χ1v) is 9.28. The van der Waals surface area contributed by atoms with Crippen LogP contribution in [-0.2, 0) is 14.4 Å². The van der Waals surface area contributed by atoms with E-state index in [2.05, 4.69) is 0 Å². The second-order valence-corrected chi connectivity index (χ2v) is 6.84. The van der Waals surface area contributed by atoms with Crippen LogP contribution in [0.15, 0.2) is 24.3 Å². The number of benzene rings is 1. The number of non-ortho nitro benzene ring substituents is 1. The van der Waals surface area contributed by atoms with Crippen molar-refractivity contribution < 1.29 is 34.3 Å². The smallest absolute Gasteiger partial charge is 0.325 e. The summed E-state index contributed by atoms with van der Waals surface area (Å²) >= 11 is 0. The highest BCUT2D eigenvalue weighted by molar-refractivity contribution is 5.74. The lowest BCUT2D eigenvalue weighted by atomic mass is 10.3. The molecule has 12 heteroatoms. The van der Waals surface area contributed by atoms with E-state index in [9.17, 15) is 24.5 Å². The fourth-order valence-corrected chi connectivity index (χ4v) is 3.02. The normalized spacial score (nSPS) is 16.8. The summed E-state index contributed by atoms with van der Waals surface area (Å²) in [4.78, 5) is 49.7. The predicted molar refractivity (Wildman–Crippen MR) is 103 cm³/mol. The molecule has 1 heterocycles. The largest absolute Gasteiger partial charge is 0.480 e. The minimum atomic E-state index is -0.983. The first-order valence-electron chi connectivity index (χ1n) is 9.28. The van der Waals surface area contributed by atoms with Crippen LogP contribution >= 0.6 is 0 Å². The highest BCUT2D eigenvalue weighted by Crippen LogP contribution is 2.17. The quantitative estimate of drug-likeness (QED) is 0.242. The average Bonchev–Trinajstić information content (AvgIpc) is 2.74. The van der Waals surface area contributed by atoms with Crippen LogP contribution in [-0.4, -0.2) is 107 Å². The highest BCUT2D eigenvalue weighted by atomic mass is 16.6. The summed E-state index contributed by atoms with van der Waals surface area (Å²) < 4.78 is 5.22. The van der Waals surface area contributed by atoms with Crippen LogP contribution < -0.4 is 4.74 Å². The molecular formula is C18H24N4O8. The van der Waals surface area contributed by atoms with Crippen molar-refractivity contribution in [3.05, 3.63) is 34.4 Å². The number of carboxylic acid groups (broad SMARTS) is 2. The van der Waals surface area contributed by atoms with Gasteiger partial charge in [-0.05, 0) is 12.1 Å². The number of rotatable bonds is 8. The van der Waals surface area contributed by atoms with E-state index < -0.39 is 22.8 Å². The van der Waals surface area contributed by atoms with Crippen molar-refractivity contribution in [1.29, 1.82) is 0 Å². The molecule has 0 radical (unpaired) electrons. The molecular weight excluding hydrogens is 400 g/mol. The number of nitro groups is 1. The van der Waals surface area contributed by atoms with Crippen LogP contribution in [0, 0.1) is 10.1 Å². The summed E-state index contributed by atoms with van der Waals surface area (Å²) in [6.45, 7) is 1.98. The van der Waals surface area contributed by atoms with Crippen LogP contribution in [0.5, 0.6) is 5.75 Å². The molecule has 1 aliphatic rings. The first-order chi connectivity index (χ1) is 14.2. The van der Waals surface area contributed by atoms with Gasteiger partial charge in [-0.3, -0.25) is 39.2 Å². The van der Waals surface area contributed by atoms with Gasteiger partial charge in [0.2, 0.25) is 0 Å². The minimum absolute atomic E-state index is 0.0845. The Balaban J connectivity index is 1.98. The predicted octanol–water partition coefficient (Wildman–Crippen LogP) is -0.411. The van der Waals surface area contributed by atoms with Crippen molar-refractivity contribution >= 4 is 23.6 Å². The summed E-state index contributed by atoms with van der Waals surface area (Å²) in [6, 6.07) is 5.13. The van der Waals surface area contributed by atoms with Gasteiger partial charge in [0, 0.05) is 51.4 Å². The Morgan fingerprint density at radius 1 is 0.833 bits per heavy atom. The Bertz CT molecular complexity index is 742. The molecule has 1 fully saturated rings. The van der Waals surface area contributed by atoms with E-state index in [4.69, 9.17) is 14.9 Å². The first kappa shape index (κ1) is 23.2.